The van der Waals surface area contributed by atoms with Gasteiger partial charge in [-0.3, -0.25) is 0 Å². The van der Waals surface area contributed by atoms with E-state index in [0.717, 1.165) is 5.71 Å². The molecule has 3 nitrogen and oxygen atoms in total. The molecular formula is C3H4ClN3. The zero-order valence-corrected chi connectivity index (χ0v) is 4.39. The van der Waals surface area contributed by atoms with Crippen LogP contribution in [0, 0.1) is 0 Å². The Morgan fingerprint density at radius 1 is 1.71 bits per heavy atom. The smallest absolute Gasteiger partial charge is 0.103 e. The SMILES string of the molecule is ClCC1=NN=NC1. The van der Waals surface area contributed by atoms with Crippen LogP contribution in [0.5, 0.6) is 0 Å². The zero-order chi connectivity index (χ0) is 5.11. The van der Waals surface area contributed by atoms with Crippen LogP contribution in [0.15, 0.2) is 15.4 Å². The molecule has 0 aromatic carbocycles. The highest BCUT2D eigenvalue weighted by molar-refractivity contribution is 6.29. The quantitative estimate of drug-likeness (QED) is 0.461. The van der Waals surface area contributed by atoms with Crippen LogP contribution in [0.1, 0.15) is 0 Å². The van der Waals surface area contributed by atoms with Crippen molar-refractivity contribution in [2.45, 2.75) is 0 Å². The molecule has 0 amide bonds. The predicted molar refractivity (Wildman–Crippen MR) is 27.9 cm³/mol. The third-order valence-electron chi connectivity index (χ3n) is 0.657. The summed E-state index contributed by atoms with van der Waals surface area (Å²) in [7, 11) is 0. The Bertz CT molecular complexity index is 117. The van der Waals surface area contributed by atoms with Gasteiger partial charge in [-0.2, -0.15) is 5.11 Å². The molecule has 0 aromatic heterocycles. The van der Waals surface area contributed by atoms with Gasteiger partial charge in [-0.25, -0.2) is 0 Å². The van der Waals surface area contributed by atoms with Crippen molar-refractivity contribution in [3.05, 3.63) is 0 Å². The molecule has 38 valence electrons. The second kappa shape index (κ2) is 2.02. The molecule has 0 saturated carbocycles. The monoisotopic (exact) mass is 117 g/mol. The fraction of sp³-hybridized carbons (Fsp3) is 0.667. The van der Waals surface area contributed by atoms with Crippen LogP contribution in [0.2, 0.25) is 0 Å². The second-order valence-corrected chi connectivity index (χ2v) is 1.46. The second-order valence-electron chi connectivity index (χ2n) is 1.19. The van der Waals surface area contributed by atoms with Crippen LogP contribution in [0.3, 0.4) is 0 Å². The highest BCUT2D eigenvalue weighted by atomic mass is 35.5. The molecule has 0 saturated heterocycles. The number of rotatable bonds is 1. The largest absolute Gasteiger partial charge is 0.163 e. The van der Waals surface area contributed by atoms with Gasteiger partial charge >= 0.3 is 0 Å². The molecule has 1 aliphatic heterocycles. The van der Waals surface area contributed by atoms with Gasteiger partial charge in [0.05, 0.1) is 11.6 Å². The minimum Gasteiger partial charge on any atom is -0.163 e. The van der Waals surface area contributed by atoms with Crippen molar-refractivity contribution < 1.29 is 0 Å². The van der Waals surface area contributed by atoms with Crippen molar-refractivity contribution in [1.82, 2.24) is 0 Å². The Labute approximate surface area is 46.1 Å². The van der Waals surface area contributed by atoms with Gasteiger partial charge in [0.25, 0.3) is 0 Å². The maximum atomic E-state index is 5.36. The molecule has 1 rings (SSSR count). The number of nitrogens with zero attached hydrogens (tertiary/aromatic N) is 3. The lowest BCUT2D eigenvalue weighted by Gasteiger charge is -1.80. The summed E-state index contributed by atoms with van der Waals surface area (Å²) in [6, 6.07) is 0. The van der Waals surface area contributed by atoms with E-state index in [4.69, 9.17) is 11.6 Å². The summed E-state index contributed by atoms with van der Waals surface area (Å²) in [6.07, 6.45) is 0. The van der Waals surface area contributed by atoms with Gasteiger partial charge in [0, 0.05) is 0 Å². The molecule has 0 unspecified atom stereocenters. The molecule has 1 heterocycles. The third kappa shape index (κ3) is 0.962. The summed E-state index contributed by atoms with van der Waals surface area (Å²) in [5, 5.41) is 10.5. The number of halogens is 1. The van der Waals surface area contributed by atoms with Crippen LogP contribution < -0.4 is 0 Å². The Hall–Kier alpha value is -0.440. The fourth-order valence-electron chi connectivity index (χ4n) is 0.309. The highest BCUT2D eigenvalue weighted by Gasteiger charge is 1.98. The van der Waals surface area contributed by atoms with Crippen molar-refractivity contribution in [3.63, 3.8) is 0 Å². The van der Waals surface area contributed by atoms with Crippen molar-refractivity contribution >= 4 is 17.3 Å². The number of hydrogen-bond acceptors (Lipinski definition) is 3. The van der Waals surface area contributed by atoms with E-state index in [0.29, 0.717) is 12.4 Å². The molecular weight excluding hydrogens is 114 g/mol. The van der Waals surface area contributed by atoms with E-state index in [9.17, 15) is 0 Å². The Kier molecular flexibility index (Phi) is 1.36. The molecule has 0 bridgehead atoms. The van der Waals surface area contributed by atoms with Gasteiger partial charge in [-0.05, 0) is 5.22 Å². The molecule has 0 N–H and O–H groups in total. The average molecular weight is 118 g/mol. The predicted octanol–water partition coefficient (Wildman–Crippen LogP) is 1.05. The third-order valence-corrected chi connectivity index (χ3v) is 0.965. The van der Waals surface area contributed by atoms with E-state index in [1.165, 1.54) is 0 Å². The first-order valence-electron chi connectivity index (χ1n) is 1.91. The summed E-state index contributed by atoms with van der Waals surface area (Å²) in [5.41, 5.74) is 0.849. The molecule has 0 radical (unpaired) electrons. The van der Waals surface area contributed by atoms with Gasteiger partial charge in [0.1, 0.15) is 6.54 Å². The molecule has 0 fully saturated rings. The van der Waals surface area contributed by atoms with E-state index in [2.05, 4.69) is 15.4 Å². The lowest BCUT2D eigenvalue weighted by atomic mass is 10.4. The first kappa shape index (κ1) is 4.71. The molecule has 7 heavy (non-hydrogen) atoms. The first-order valence-corrected chi connectivity index (χ1v) is 2.45. The Balaban J connectivity index is 2.45. The minimum absolute atomic E-state index is 0.451. The van der Waals surface area contributed by atoms with Crippen LogP contribution in [0.25, 0.3) is 0 Å². The summed E-state index contributed by atoms with van der Waals surface area (Å²) >= 11 is 5.36. The summed E-state index contributed by atoms with van der Waals surface area (Å²) < 4.78 is 0. The van der Waals surface area contributed by atoms with Gasteiger partial charge in [-0.1, -0.05) is 0 Å². The Morgan fingerprint density at radius 2 is 2.57 bits per heavy atom. The number of alkyl halides is 1. The average Bonchev–Trinajstić information content (AvgIpc) is 2.14. The maximum Gasteiger partial charge on any atom is 0.103 e. The van der Waals surface area contributed by atoms with E-state index >= 15 is 0 Å². The van der Waals surface area contributed by atoms with Crippen LogP contribution >= 0.6 is 11.6 Å². The van der Waals surface area contributed by atoms with Crippen molar-refractivity contribution in [1.29, 1.82) is 0 Å². The highest BCUT2D eigenvalue weighted by Crippen LogP contribution is 1.94. The van der Waals surface area contributed by atoms with Crippen molar-refractivity contribution in [2.75, 3.05) is 12.4 Å². The summed E-state index contributed by atoms with van der Waals surface area (Å²) in [4.78, 5) is 0. The van der Waals surface area contributed by atoms with Gasteiger partial charge < -0.3 is 0 Å². The van der Waals surface area contributed by atoms with E-state index in [1.54, 1.807) is 0 Å². The number of hydrogen-bond donors (Lipinski definition) is 0. The van der Waals surface area contributed by atoms with Crippen molar-refractivity contribution in [3.8, 4) is 0 Å². The van der Waals surface area contributed by atoms with E-state index < -0.39 is 0 Å². The standard InChI is InChI=1S/C3H4ClN3/c4-1-3-2-5-7-6-3/h1-2H2. The van der Waals surface area contributed by atoms with E-state index in [-0.39, 0.29) is 0 Å². The van der Waals surface area contributed by atoms with Crippen molar-refractivity contribution in [2.24, 2.45) is 15.4 Å². The lowest BCUT2D eigenvalue weighted by molar-refractivity contribution is 1.06. The van der Waals surface area contributed by atoms with Crippen LogP contribution in [-0.4, -0.2) is 18.1 Å². The molecule has 0 spiro atoms. The van der Waals surface area contributed by atoms with Crippen LogP contribution in [-0.2, 0) is 0 Å². The van der Waals surface area contributed by atoms with Gasteiger partial charge in [0.15, 0.2) is 0 Å². The lowest BCUT2D eigenvalue weighted by Crippen LogP contribution is -1.98. The molecule has 1 aliphatic rings. The fourth-order valence-corrected chi connectivity index (χ4v) is 0.447. The normalized spacial score (nSPS) is 17.6. The first-order chi connectivity index (χ1) is 3.43. The molecule has 4 heteroatoms. The Morgan fingerprint density at radius 3 is 2.86 bits per heavy atom. The van der Waals surface area contributed by atoms with E-state index in [1.807, 2.05) is 0 Å². The molecule has 0 aliphatic carbocycles. The molecule has 0 atom stereocenters. The topological polar surface area (TPSA) is 37.1 Å². The zero-order valence-electron chi connectivity index (χ0n) is 3.63. The van der Waals surface area contributed by atoms with Crippen LogP contribution in [0.4, 0.5) is 0 Å². The van der Waals surface area contributed by atoms with Gasteiger partial charge in [0.2, 0.25) is 0 Å². The minimum atomic E-state index is 0.451. The summed E-state index contributed by atoms with van der Waals surface area (Å²) in [5.74, 6) is 0.451. The molecule has 0 aromatic rings. The maximum absolute atomic E-state index is 5.36. The summed E-state index contributed by atoms with van der Waals surface area (Å²) in [6.45, 7) is 0.587. The van der Waals surface area contributed by atoms with Gasteiger partial charge in [-0.15, -0.1) is 16.7 Å².